The summed E-state index contributed by atoms with van der Waals surface area (Å²) in [6.07, 6.45) is -0.0279. The fraction of sp³-hybridized carbons (Fsp3) is 0.350. The zero-order valence-electron chi connectivity index (χ0n) is 16.9. The van der Waals surface area contributed by atoms with Gasteiger partial charge in [-0.15, -0.1) is 0 Å². The molecule has 1 atom stereocenters. The van der Waals surface area contributed by atoms with Crippen molar-refractivity contribution in [1.29, 1.82) is 0 Å². The summed E-state index contributed by atoms with van der Waals surface area (Å²) in [6, 6.07) is 10.6. The molecule has 0 spiro atoms. The molecule has 0 aliphatic rings. The molecule has 0 aliphatic heterocycles. The molecule has 29 heavy (non-hydrogen) atoms. The molecule has 0 saturated carbocycles. The van der Waals surface area contributed by atoms with E-state index in [4.69, 9.17) is 0 Å². The molecule has 156 valence electrons. The fourth-order valence-corrected chi connectivity index (χ4v) is 3.89. The van der Waals surface area contributed by atoms with E-state index in [-0.39, 0.29) is 29.5 Å². The van der Waals surface area contributed by atoms with Gasteiger partial charge in [0.05, 0.1) is 15.9 Å². The van der Waals surface area contributed by atoms with E-state index in [2.05, 4.69) is 4.72 Å². The first-order valence-corrected chi connectivity index (χ1v) is 10.6. The molecular weight excluding hydrogens is 394 g/mol. The molecule has 1 amide bonds. The Kier molecular flexibility index (Phi) is 7.10. The number of carbonyl (C=O) groups excluding carboxylic acids is 1. The number of sulfonamides is 1. The van der Waals surface area contributed by atoms with Crippen molar-refractivity contribution in [2.45, 2.75) is 38.1 Å². The number of nitrogens with zero attached hydrogens (tertiary/aromatic N) is 2. The van der Waals surface area contributed by atoms with Crippen LogP contribution in [0.1, 0.15) is 36.1 Å². The lowest BCUT2D eigenvalue weighted by Crippen LogP contribution is -2.33. The number of carbonyl (C=O) groups is 1. The Balaban J connectivity index is 1.98. The zero-order chi connectivity index (χ0) is 21.8. The second-order valence-electron chi connectivity index (χ2n) is 6.93. The van der Waals surface area contributed by atoms with Gasteiger partial charge in [-0.3, -0.25) is 14.9 Å². The van der Waals surface area contributed by atoms with Crippen LogP contribution in [0.25, 0.3) is 0 Å². The molecule has 0 saturated heterocycles. The molecule has 2 aromatic rings. The molecule has 2 rings (SSSR count). The Morgan fingerprint density at radius 1 is 1.17 bits per heavy atom. The number of non-ortho nitro benzene ring substituents is 1. The summed E-state index contributed by atoms with van der Waals surface area (Å²) in [5, 5.41) is 10.9. The van der Waals surface area contributed by atoms with Crippen LogP contribution in [0.4, 0.5) is 5.69 Å². The molecule has 1 N–H and O–H groups in total. The highest BCUT2D eigenvalue weighted by molar-refractivity contribution is 7.89. The first-order valence-electron chi connectivity index (χ1n) is 9.10. The van der Waals surface area contributed by atoms with Crippen molar-refractivity contribution in [1.82, 2.24) is 9.62 Å². The third kappa shape index (κ3) is 5.61. The Morgan fingerprint density at radius 3 is 2.48 bits per heavy atom. The second-order valence-corrected chi connectivity index (χ2v) is 8.69. The Labute approximate surface area is 170 Å². The van der Waals surface area contributed by atoms with E-state index in [1.165, 1.54) is 23.1 Å². The molecule has 0 radical (unpaired) electrons. The number of amides is 1. The highest BCUT2D eigenvalue weighted by Crippen LogP contribution is 2.23. The van der Waals surface area contributed by atoms with Gasteiger partial charge < -0.3 is 4.90 Å². The Bertz CT molecular complexity index is 1020. The smallest absolute Gasteiger partial charge is 0.269 e. The van der Waals surface area contributed by atoms with Crippen LogP contribution in [0, 0.1) is 24.0 Å². The monoisotopic (exact) mass is 419 g/mol. The van der Waals surface area contributed by atoms with Crippen LogP contribution in [0.2, 0.25) is 0 Å². The minimum absolute atomic E-state index is 0.0279. The van der Waals surface area contributed by atoms with Crippen molar-refractivity contribution in [3.8, 4) is 0 Å². The number of hydrogen-bond donors (Lipinski definition) is 1. The topological polar surface area (TPSA) is 110 Å². The molecule has 0 unspecified atom stereocenters. The van der Waals surface area contributed by atoms with Crippen molar-refractivity contribution in [2.75, 3.05) is 13.6 Å². The first kappa shape index (κ1) is 22.5. The van der Waals surface area contributed by atoms with E-state index >= 15 is 0 Å². The maximum Gasteiger partial charge on any atom is 0.269 e. The lowest BCUT2D eigenvalue weighted by atomic mass is 10.1. The van der Waals surface area contributed by atoms with Crippen LogP contribution in [-0.2, 0) is 14.8 Å². The van der Waals surface area contributed by atoms with Crippen LogP contribution >= 0.6 is 0 Å². The molecule has 8 nitrogen and oxygen atoms in total. The highest BCUT2D eigenvalue weighted by atomic mass is 32.2. The van der Waals surface area contributed by atoms with Crippen molar-refractivity contribution in [3.63, 3.8) is 0 Å². The van der Waals surface area contributed by atoms with Gasteiger partial charge >= 0.3 is 0 Å². The van der Waals surface area contributed by atoms with Crippen LogP contribution in [0.15, 0.2) is 47.4 Å². The molecule has 9 heteroatoms. The Hall–Kier alpha value is -2.78. The number of nitrogens with one attached hydrogen (secondary N) is 1. The van der Waals surface area contributed by atoms with Crippen molar-refractivity contribution in [2.24, 2.45) is 0 Å². The lowest BCUT2D eigenvalue weighted by molar-refractivity contribution is -0.384. The van der Waals surface area contributed by atoms with Crippen LogP contribution < -0.4 is 4.72 Å². The summed E-state index contributed by atoms with van der Waals surface area (Å²) >= 11 is 0. The van der Waals surface area contributed by atoms with Gasteiger partial charge in [-0.05, 0) is 49.6 Å². The molecule has 0 aliphatic carbocycles. The van der Waals surface area contributed by atoms with Gasteiger partial charge in [0, 0.05) is 32.1 Å². The largest absolute Gasteiger partial charge is 0.339 e. The first-order chi connectivity index (χ1) is 13.5. The molecule has 0 fully saturated rings. The van der Waals surface area contributed by atoms with Crippen LogP contribution in [-0.4, -0.2) is 37.7 Å². The van der Waals surface area contributed by atoms with Gasteiger partial charge in [0.25, 0.3) is 5.69 Å². The van der Waals surface area contributed by atoms with E-state index in [0.717, 1.165) is 11.1 Å². The van der Waals surface area contributed by atoms with Crippen molar-refractivity contribution >= 4 is 21.6 Å². The molecule has 0 bridgehead atoms. The van der Waals surface area contributed by atoms with E-state index < -0.39 is 21.0 Å². The number of nitro groups is 1. The third-order valence-corrected chi connectivity index (χ3v) is 6.42. The number of hydrogen-bond acceptors (Lipinski definition) is 5. The highest BCUT2D eigenvalue weighted by Gasteiger charge is 2.20. The SMILES string of the molecule is Cc1ccc(S(=O)(=O)NCCC(=O)N(C)[C@@H](C)c2cccc([N+](=O)[O-])c2)cc1C. The van der Waals surface area contributed by atoms with Crippen molar-refractivity contribution < 1.29 is 18.1 Å². The summed E-state index contributed by atoms with van der Waals surface area (Å²) in [5.74, 6) is -0.271. The maximum absolute atomic E-state index is 12.5. The fourth-order valence-electron chi connectivity index (χ4n) is 2.77. The van der Waals surface area contributed by atoms with Crippen LogP contribution in [0.3, 0.4) is 0 Å². The van der Waals surface area contributed by atoms with E-state index in [9.17, 15) is 23.3 Å². The van der Waals surface area contributed by atoms with E-state index in [1.54, 1.807) is 38.2 Å². The standard InChI is InChI=1S/C20H25N3O5S/c1-14-8-9-19(12-15(14)2)29(27,28)21-11-10-20(24)22(4)16(3)17-6-5-7-18(13-17)23(25)26/h5-9,12-13,16,21H,10-11H2,1-4H3/t16-/m0/s1. The normalized spacial score (nSPS) is 12.4. The minimum atomic E-state index is -3.70. The lowest BCUT2D eigenvalue weighted by Gasteiger charge is -2.25. The summed E-state index contributed by atoms with van der Waals surface area (Å²) < 4.78 is 27.3. The average Bonchev–Trinajstić information content (AvgIpc) is 2.68. The average molecular weight is 420 g/mol. The van der Waals surface area contributed by atoms with Gasteiger partial charge in [-0.25, -0.2) is 13.1 Å². The predicted molar refractivity (Wildman–Crippen MR) is 110 cm³/mol. The van der Waals surface area contributed by atoms with Crippen LogP contribution in [0.5, 0.6) is 0 Å². The van der Waals surface area contributed by atoms with Gasteiger partial charge in [0.2, 0.25) is 15.9 Å². The summed E-state index contributed by atoms with van der Waals surface area (Å²) in [7, 11) is -2.12. The van der Waals surface area contributed by atoms with Gasteiger partial charge in [-0.2, -0.15) is 0 Å². The molecule has 2 aromatic carbocycles. The number of benzene rings is 2. The molecule has 0 heterocycles. The second kappa shape index (κ2) is 9.15. The Morgan fingerprint density at radius 2 is 1.86 bits per heavy atom. The summed E-state index contributed by atoms with van der Waals surface area (Å²) in [5.41, 5.74) is 2.45. The molecular formula is C20H25N3O5S. The summed E-state index contributed by atoms with van der Waals surface area (Å²) in [6.45, 7) is 5.45. The van der Waals surface area contributed by atoms with Gasteiger partial charge in [0.1, 0.15) is 0 Å². The molecule has 0 aromatic heterocycles. The number of rotatable bonds is 8. The number of aryl methyl sites for hydroxylation is 2. The van der Waals surface area contributed by atoms with Crippen molar-refractivity contribution in [3.05, 3.63) is 69.3 Å². The third-order valence-electron chi connectivity index (χ3n) is 4.96. The van der Waals surface area contributed by atoms with E-state index in [1.807, 2.05) is 13.8 Å². The van der Waals surface area contributed by atoms with Gasteiger partial charge in [-0.1, -0.05) is 18.2 Å². The van der Waals surface area contributed by atoms with Gasteiger partial charge in [0.15, 0.2) is 0 Å². The summed E-state index contributed by atoms with van der Waals surface area (Å²) in [4.78, 5) is 24.5. The predicted octanol–water partition coefficient (Wildman–Crippen LogP) is 3.10. The number of nitro benzene ring substituents is 1. The zero-order valence-corrected chi connectivity index (χ0v) is 17.7. The van der Waals surface area contributed by atoms with E-state index in [0.29, 0.717) is 5.56 Å². The maximum atomic E-state index is 12.5. The minimum Gasteiger partial charge on any atom is -0.339 e. The quantitative estimate of drug-likeness (QED) is 0.522.